The standard InChI is InChI=1S/C23H22N4O3S.C2H6O/c1-13-8-9-31-21(13)19-16(12-24)22(25)26(14-4-6-15(7-5-14)27(29)30)17-10-23(2,3)11-18(28)20(17)19;1-2-3/h4-9,19H,10-11,25H2,1-3H3;3H,2H2,1H3. The maximum absolute atomic E-state index is 13.4. The summed E-state index contributed by atoms with van der Waals surface area (Å²) in [6, 6.07) is 10.2. The third kappa shape index (κ3) is 4.60. The molecular weight excluding hydrogens is 452 g/mol. The topological polar surface area (TPSA) is 133 Å². The van der Waals surface area contributed by atoms with Gasteiger partial charge in [0.2, 0.25) is 0 Å². The maximum Gasteiger partial charge on any atom is 0.269 e. The molecule has 1 aliphatic carbocycles. The number of ketones is 1. The number of rotatable bonds is 3. The van der Waals surface area contributed by atoms with E-state index < -0.39 is 10.8 Å². The quantitative estimate of drug-likeness (QED) is 0.471. The van der Waals surface area contributed by atoms with Crippen LogP contribution in [0.2, 0.25) is 0 Å². The van der Waals surface area contributed by atoms with Crippen molar-refractivity contribution in [2.24, 2.45) is 11.1 Å². The lowest BCUT2D eigenvalue weighted by atomic mass is 9.69. The van der Waals surface area contributed by atoms with Gasteiger partial charge in [-0.05, 0) is 54.8 Å². The van der Waals surface area contributed by atoms with Gasteiger partial charge in [-0.1, -0.05) is 13.8 Å². The minimum atomic E-state index is -0.488. The molecule has 0 fully saturated rings. The number of hydrogen-bond acceptors (Lipinski definition) is 8. The number of carbonyl (C=O) groups excluding carboxylic acids is 1. The van der Waals surface area contributed by atoms with Crippen LogP contribution in [0.15, 0.2) is 58.4 Å². The molecule has 0 amide bonds. The summed E-state index contributed by atoms with van der Waals surface area (Å²) < 4.78 is 0. The molecule has 2 aromatic rings. The number of carbonyl (C=O) groups is 1. The normalized spacial score (nSPS) is 19.2. The number of nitro groups is 1. The Bertz CT molecular complexity index is 1220. The number of hydrogen-bond donors (Lipinski definition) is 2. The molecule has 1 aromatic heterocycles. The second-order valence-electron chi connectivity index (χ2n) is 9.04. The van der Waals surface area contributed by atoms with Gasteiger partial charge in [0.05, 0.1) is 22.5 Å². The number of aryl methyl sites for hydroxylation is 1. The summed E-state index contributed by atoms with van der Waals surface area (Å²) in [4.78, 5) is 26.7. The van der Waals surface area contributed by atoms with Crippen molar-refractivity contribution in [3.63, 3.8) is 0 Å². The van der Waals surface area contributed by atoms with Crippen LogP contribution >= 0.6 is 11.3 Å². The van der Waals surface area contributed by atoms with Gasteiger partial charge in [0.1, 0.15) is 5.82 Å². The third-order valence-electron chi connectivity index (χ3n) is 5.86. The number of allylic oxidation sites excluding steroid dienone is 3. The molecule has 0 spiro atoms. The monoisotopic (exact) mass is 480 g/mol. The van der Waals surface area contributed by atoms with Crippen LogP contribution in [-0.4, -0.2) is 22.4 Å². The van der Waals surface area contributed by atoms with Crippen LogP contribution < -0.4 is 10.6 Å². The number of thiophene rings is 1. The minimum absolute atomic E-state index is 0.0104. The first-order chi connectivity index (χ1) is 16.1. The van der Waals surface area contributed by atoms with Gasteiger partial charge in [0.15, 0.2) is 5.78 Å². The summed E-state index contributed by atoms with van der Waals surface area (Å²) in [5.41, 5.74) is 9.57. The number of nitro benzene ring substituents is 1. The van der Waals surface area contributed by atoms with Crippen molar-refractivity contribution in [3.05, 3.63) is 78.9 Å². The second kappa shape index (κ2) is 9.79. The molecule has 178 valence electrons. The highest BCUT2D eigenvalue weighted by Gasteiger charge is 2.45. The molecule has 4 rings (SSSR count). The van der Waals surface area contributed by atoms with Gasteiger partial charge in [-0.15, -0.1) is 11.3 Å². The van der Waals surface area contributed by atoms with Crippen molar-refractivity contribution in [1.29, 1.82) is 5.26 Å². The zero-order chi connectivity index (χ0) is 25.2. The molecule has 2 aliphatic rings. The first kappa shape index (κ1) is 25.1. The molecule has 0 radical (unpaired) electrons. The van der Waals surface area contributed by atoms with Crippen LogP contribution in [-0.2, 0) is 4.79 Å². The predicted octanol–water partition coefficient (Wildman–Crippen LogP) is 4.90. The Balaban J connectivity index is 0.00000103. The molecule has 1 aromatic carbocycles. The fraction of sp³-hybridized carbons (Fsp3) is 0.360. The summed E-state index contributed by atoms with van der Waals surface area (Å²) in [5, 5.41) is 30.6. The van der Waals surface area contributed by atoms with E-state index in [2.05, 4.69) is 6.07 Å². The molecule has 1 aliphatic heterocycles. The molecule has 1 atom stereocenters. The first-order valence-corrected chi connectivity index (χ1v) is 11.8. The van der Waals surface area contributed by atoms with Gasteiger partial charge in [0.25, 0.3) is 5.69 Å². The highest BCUT2D eigenvalue weighted by atomic mass is 32.1. The molecule has 1 unspecified atom stereocenters. The smallest absolute Gasteiger partial charge is 0.269 e. The zero-order valence-corrected chi connectivity index (χ0v) is 20.5. The Kier molecular flexibility index (Phi) is 7.24. The van der Waals surface area contributed by atoms with E-state index in [1.54, 1.807) is 24.0 Å². The second-order valence-corrected chi connectivity index (χ2v) is 9.99. The number of anilines is 1. The minimum Gasteiger partial charge on any atom is -0.397 e. The number of non-ortho nitro benzene ring substituents is 1. The van der Waals surface area contributed by atoms with Crippen LogP contribution in [0.1, 0.15) is 50.0 Å². The lowest BCUT2D eigenvalue weighted by molar-refractivity contribution is -0.384. The van der Waals surface area contributed by atoms with Crippen LogP contribution in [0.25, 0.3) is 0 Å². The van der Waals surface area contributed by atoms with Crippen molar-refractivity contribution in [3.8, 4) is 6.07 Å². The average Bonchev–Trinajstić information content (AvgIpc) is 3.18. The maximum atomic E-state index is 13.4. The van der Waals surface area contributed by atoms with Crippen molar-refractivity contribution >= 4 is 28.5 Å². The number of nitriles is 1. The van der Waals surface area contributed by atoms with E-state index >= 15 is 0 Å². The van der Waals surface area contributed by atoms with E-state index in [1.807, 2.05) is 32.2 Å². The van der Waals surface area contributed by atoms with E-state index in [9.17, 15) is 20.2 Å². The van der Waals surface area contributed by atoms with Gasteiger partial charge in [-0.2, -0.15) is 5.26 Å². The van der Waals surface area contributed by atoms with Crippen molar-refractivity contribution in [1.82, 2.24) is 0 Å². The average molecular weight is 481 g/mol. The molecule has 9 heteroatoms. The van der Waals surface area contributed by atoms with E-state index in [0.29, 0.717) is 29.7 Å². The predicted molar refractivity (Wildman–Crippen MR) is 132 cm³/mol. The third-order valence-corrected chi connectivity index (χ3v) is 6.95. The Labute approximate surface area is 202 Å². The van der Waals surface area contributed by atoms with Gasteiger partial charge >= 0.3 is 0 Å². The molecule has 0 saturated heterocycles. The molecule has 34 heavy (non-hydrogen) atoms. The van der Waals surface area contributed by atoms with Gasteiger partial charge in [-0.25, -0.2) is 0 Å². The van der Waals surface area contributed by atoms with E-state index in [-0.39, 0.29) is 29.3 Å². The number of aliphatic hydroxyl groups excluding tert-OH is 1. The van der Waals surface area contributed by atoms with Crippen LogP contribution in [0.5, 0.6) is 0 Å². The fourth-order valence-corrected chi connectivity index (χ4v) is 5.51. The van der Waals surface area contributed by atoms with Crippen LogP contribution in [0, 0.1) is 33.8 Å². The highest BCUT2D eigenvalue weighted by molar-refractivity contribution is 7.10. The largest absolute Gasteiger partial charge is 0.397 e. The Morgan fingerprint density at radius 2 is 1.91 bits per heavy atom. The van der Waals surface area contributed by atoms with Crippen LogP contribution in [0.3, 0.4) is 0 Å². The number of nitrogens with zero attached hydrogens (tertiary/aromatic N) is 3. The SMILES string of the molecule is CCO.Cc1ccsc1C1C(C#N)=C(N)N(c2ccc([N+](=O)[O-])cc2)C2=C1C(=O)CC(C)(C)C2. The summed E-state index contributed by atoms with van der Waals surface area (Å²) in [6.07, 6.45) is 0.991. The molecule has 0 bridgehead atoms. The summed E-state index contributed by atoms with van der Waals surface area (Å²) in [6.45, 7) is 7.97. The number of benzene rings is 1. The molecular formula is C25H28N4O4S. The summed E-state index contributed by atoms with van der Waals surface area (Å²) in [7, 11) is 0. The Morgan fingerprint density at radius 3 is 2.41 bits per heavy atom. The van der Waals surface area contributed by atoms with Crippen molar-refractivity contribution in [2.45, 2.75) is 46.5 Å². The number of nitrogens with two attached hydrogens (primary N) is 1. The van der Waals surface area contributed by atoms with Crippen LogP contribution in [0.4, 0.5) is 11.4 Å². The first-order valence-electron chi connectivity index (χ1n) is 10.9. The van der Waals surface area contributed by atoms with Gasteiger partial charge in [0, 0.05) is 47.0 Å². The highest BCUT2D eigenvalue weighted by Crippen LogP contribution is 2.51. The fourth-order valence-electron chi connectivity index (χ4n) is 4.47. The van der Waals surface area contributed by atoms with E-state index in [0.717, 1.165) is 16.1 Å². The van der Waals surface area contributed by atoms with E-state index in [4.69, 9.17) is 10.8 Å². The molecule has 3 N–H and O–H groups in total. The van der Waals surface area contributed by atoms with Gasteiger partial charge < -0.3 is 10.8 Å². The molecule has 2 heterocycles. The van der Waals surface area contributed by atoms with Crippen molar-refractivity contribution in [2.75, 3.05) is 11.5 Å². The lowest BCUT2D eigenvalue weighted by Crippen LogP contribution is -2.42. The summed E-state index contributed by atoms with van der Waals surface area (Å²) in [5.74, 6) is -0.215. The van der Waals surface area contributed by atoms with E-state index in [1.165, 1.54) is 23.5 Å². The molecule has 8 nitrogen and oxygen atoms in total. The summed E-state index contributed by atoms with van der Waals surface area (Å²) >= 11 is 1.52. The Morgan fingerprint density at radius 1 is 1.29 bits per heavy atom. The number of aliphatic hydroxyl groups is 1. The van der Waals surface area contributed by atoms with Crippen molar-refractivity contribution < 1.29 is 14.8 Å². The lowest BCUT2D eigenvalue weighted by Gasteiger charge is -2.43. The Hall–Kier alpha value is -3.48. The van der Waals surface area contributed by atoms with Gasteiger partial charge in [-0.3, -0.25) is 19.8 Å². The number of Topliss-reactive ketones (excluding diaryl/α,β-unsaturated/α-hetero) is 1. The molecule has 0 saturated carbocycles. The zero-order valence-electron chi connectivity index (χ0n) is 19.7.